The van der Waals surface area contributed by atoms with Crippen molar-refractivity contribution in [2.75, 3.05) is 46.2 Å². The molecule has 13 rings (SSSR count). The Bertz CT molecular complexity index is 3230. The Morgan fingerprint density at radius 3 is 1.51 bits per heavy atom. The Morgan fingerprint density at radius 1 is 0.425 bits per heavy atom. The van der Waals surface area contributed by atoms with Crippen molar-refractivity contribution >= 4 is 5.97 Å². The maximum absolute atomic E-state index is 16.0. The van der Waals surface area contributed by atoms with Crippen molar-refractivity contribution in [3.05, 3.63) is 11.6 Å². The number of aliphatic hydroxyl groups excluding tert-OH is 22. The summed E-state index contributed by atoms with van der Waals surface area (Å²) < 4.78 is 95.9. The third-order valence-corrected chi connectivity index (χ3v) is 28.3. The number of carbonyl (C=O) groups excluding carboxylic acids is 1. The van der Waals surface area contributed by atoms with Crippen LogP contribution in [0.3, 0.4) is 0 Å². The minimum absolute atomic E-state index is 0.0325. The normalized spacial score (nSPS) is 54.7. The fourth-order valence-electron chi connectivity index (χ4n) is 21.3. The lowest BCUT2D eigenvalue weighted by Crippen LogP contribution is -2.69. The van der Waals surface area contributed by atoms with Crippen molar-refractivity contribution < 1.29 is 193 Å². The van der Waals surface area contributed by atoms with Crippen molar-refractivity contribution in [1.29, 1.82) is 0 Å². The minimum Gasteiger partial charge on any atom is -0.432 e. The number of esters is 1. The Labute approximate surface area is 651 Å². The molecule has 39 heteroatoms. The molecule has 5 aliphatic carbocycles. The summed E-state index contributed by atoms with van der Waals surface area (Å²) in [5.74, 6) is -1.74. The van der Waals surface area contributed by atoms with Crippen LogP contribution in [0.5, 0.6) is 0 Å². The maximum Gasteiger partial charge on any atom is 0.317 e. The summed E-state index contributed by atoms with van der Waals surface area (Å²) >= 11 is 0. The van der Waals surface area contributed by atoms with Crippen molar-refractivity contribution in [3.8, 4) is 0 Å². The summed E-state index contributed by atoms with van der Waals surface area (Å²) in [4.78, 5) is 16.0. The number of fused-ring (bicyclic) bond motifs is 7. The van der Waals surface area contributed by atoms with E-state index in [1.807, 2.05) is 0 Å². The molecule has 39 nitrogen and oxygen atoms in total. The average molecular weight is 1630 g/mol. The lowest BCUT2D eigenvalue weighted by molar-refractivity contribution is -0.401. The van der Waals surface area contributed by atoms with Gasteiger partial charge in [0, 0.05) is 0 Å². The number of allylic oxidation sites excluding steroid dienone is 2. The van der Waals surface area contributed by atoms with Crippen molar-refractivity contribution in [2.24, 2.45) is 50.2 Å². The number of aliphatic hydroxyl groups is 22. The molecule has 650 valence electrons. The Kier molecular flexibility index (Phi) is 26.5. The van der Waals surface area contributed by atoms with Gasteiger partial charge in [0.2, 0.25) is 6.29 Å². The molecule has 13 aliphatic rings. The molecular formula is C74H120O39. The van der Waals surface area contributed by atoms with E-state index in [1.54, 1.807) is 0 Å². The number of ether oxygens (including phenoxy) is 16. The first-order valence-corrected chi connectivity index (χ1v) is 39.5. The highest BCUT2D eigenvalue weighted by molar-refractivity contribution is 5.80. The van der Waals surface area contributed by atoms with Gasteiger partial charge in [-0.2, -0.15) is 0 Å². The second kappa shape index (κ2) is 33.9. The minimum atomic E-state index is -2.14. The van der Waals surface area contributed by atoms with Crippen LogP contribution < -0.4 is 0 Å². The van der Waals surface area contributed by atoms with Gasteiger partial charge in [-0.1, -0.05) is 60.1 Å². The van der Waals surface area contributed by atoms with E-state index in [4.69, 9.17) is 75.8 Å². The van der Waals surface area contributed by atoms with E-state index in [0.29, 0.717) is 44.9 Å². The molecule has 0 amide bonds. The molecule has 0 bridgehead atoms. The zero-order chi connectivity index (χ0) is 82.2. The Morgan fingerprint density at radius 2 is 0.903 bits per heavy atom. The zero-order valence-electron chi connectivity index (χ0n) is 64.3. The van der Waals surface area contributed by atoms with E-state index in [0.717, 1.165) is 5.57 Å². The molecule has 8 heterocycles. The van der Waals surface area contributed by atoms with Gasteiger partial charge in [0.05, 0.1) is 64.6 Å². The fourth-order valence-corrected chi connectivity index (χ4v) is 21.3. The molecule has 8 saturated heterocycles. The van der Waals surface area contributed by atoms with Gasteiger partial charge < -0.3 is 188 Å². The second-order valence-electron chi connectivity index (χ2n) is 35.8. The maximum atomic E-state index is 16.0. The molecule has 0 radical (unpaired) electrons. The molecule has 12 fully saturated rings. The monoisotopic (exact) mass is 1630 g/mol. The fraction of sp³-hybridized carbons (Fsp3) is 0.959. The zero-order valence-corrected chi connectivity index (χ0v) is 64.3. The number of carbonyl (C=O) groups is 1. The van der Waals surface area contributed by atoms with Crippen LogP contribution in [0.15, 0.2) is 11.6 Å². The van der Waals surface area contributed by atoms with E-state index >= 15 is 4.79 Å². The van der Waals surface area contributed by atoms with Gasteiger partial charge in [-0.25, -0.2) is 0 Å². The Hall–Kier alpha value is -2.27. The Balaban J connectivity index is 0.726. The first kappa shape index (κ1) is 88.5. The van der Waals surface area contributed by atoms with Crippen LogP contribution in [0.4, 0.5) is 0 Å². The van der Waals surface area contributed by atoms with Crippen LogP contribution in [-0.2, 0) is 80.6 Å². The summed E-state index contributed by atoms with van der Waals surface area (Å²) in [6, 6.07) is 0. The first-order chi connectivity index (χ1) is 53.1. The van der Waals surface area contributed by atoms with Gasteiger partial charge in [0.25, 0.3) is 0 Å². The number of hydrogen-bond acceptors (Lipinski definition) is 39. The first-order valence-electron chi connectivity index (χ1n) is 39.5. The van der Waals surface area contributed by atoms with Crippen LogP contribution in [0.1, 0.15) is 113 Å². The van der Waals surface area contributed by atoms with Gasteiger partial charge in [-0.3, -0.25) is 4.79 Å². The van der Waals surface area contributed by atoms with Crippen LogP contribution in [0.25, 0.3) is 0 Å². The van der Waals surface area contributed by atoms with E-state index < -0.39 is 324 Å². The van der Waals surface area contributed by atoms with Crippen LogP contribution in [0, 0.1) is 50.2 Å². The summed E-state index contributed by atoms with van der Waals surface area (Å²) in [6.07, 6.45) is -59.7. The lowest BCUT2D eigenvalue weighted by atomic mass is 9.33. The standard InChI is InChI=1S/C74H120O39/c1-26-55(108-62-54(96)56(32(80)24-100-62)109-60-49(91)40(82)29(77)21-98-60)53(95)59(111-64-52(94)46(88)43(85)33(19-75)104-64)66(103-26)112-58-48(90)44(86)34(20-76)105-67(58)113-68(97)74-16-15-69(2,3)17-28(74)27-9-10-37-71(6)13-12-39(70(4,5)36(71)11-14-72(37,7)73(27,8)18-38(74)81)107-63-51(93)47(89)45(87)35(106-63)25-102-65-57(42(84)31(79)23-101-65)110-61-50(92)41(83)30(78)22-99-61/h9,26,28-67,75-96H,10-25H2,1-8H3. The third kappa shape index (κ3) is 15.8. The predicted molar refractivity (Wildman–Crippen MR) is 369 cm³/mol. The third-order valence-electron chi connectivity index (χ3n) is 28.3. The van der Waals surface area contributed by atoms with Crippen molar-refractivity contribution in [3.63, 3.8) is 0 Å². The lowest BCUT2D eigenvalue weighted by Gasteiger charge is -2.71. The van der Waals surface area contributed by atoms with Crippen LogP contribution in [0.2, 0.25) is 0 Å². The van der Waals surface area contributed by atoms with Crippen molar-refractivity contribution in [1.82, 2.24) is 0 Å². The molecule has 113 heavy (non-hydrogen) atoms. The molecule has 0 spiro atoms. The molecule has 45 atom stereocenters. The molecular weight excluding hydrogens is 1510 g/mol. The molecule has 0 aromatic heterocycles. The van der Waals surface area contributed by atoms with E-state index in [-0.39, 0.29) is 24.7 Å². The summed E-state index contributed by atoms with van der Waals surface area (Å²) in [6.45, 7) is 12.0. The molecule has 0 aromatic rings. The van der Waals surface area contributed by atoms with Gasteiger partial charge in [-0.15, -0.1) is 0 Å². The van der Waals surface area contributed by atoms with Crippen LogP contribution >= 0.6 is 0 Å². The number of rotatable bonds is 19. The van der Waals surface area contributed by atoms with E-state index in [9.17, 15) is 112 Å². The molecule has 22 N–H and O–H groups in total. The quantitative estimate of drug-likeness (QED) is 0.0324. The molecule has 8 aliphatic heterocycles. The number of hydrogen-bond donors (Lipinski definition) is 22. The van der Waals surface area contributed by atoms with Crippen molar-refractivity contribution in [2.45, 2.75) is 347 Å². The SMILES string of the molecule is CC1OC(OC2C(OC(=O)C34CCC(C)(C)CC3C3=CCC5C6(C)CCC(OC7OC(COC8OCC(O)C(O)C8OC8OCC(O)C(O)C8O)C(O)C(O)C7O)C(C)(C)C6CCC5(C)C3(C)CC4O)OC(CO)C(O)C2O)C(OC2OC(CO)C(O)C(O)C2O)C(O)C1OC1OCC(O)C(OC2OCC(O)C(O)C2O)C1O. The summed E-state index contributed by atoms with van der Waals surface area (Å²) in [5.41, 5.74) is -3.56. The van der Waals surface area contributed by atoms with E-state index in [1.165, 1.54) is 6.92 Å². The second-order valence-corrected chi connectivity index (χ2v) is 35.8. The smallest absolute Gasteiger partial charge is 0.317 e. The van der Waals surface area contributed by atoms with Gasteiger partial charge >= 0.3 is 5.97 Å². The highest BCUT2D eigenvalue weighted by Crippen LogP contribution is 2.76. The molecule has 45 unspecified atom stereocenters. The average Bonchev–Trinajstić information content (AvgIpc) is 0.669. The molecule has 4 saturated carbocycles. The van der Waals surface area contributed by atoms with Crippen LogP contribution in [-0.4, -0.2) is 398 Å². The van der Waals surface area contributed by atoms with E-state index in [2.05, 4.69) is 54.5 Å². The predicted octanol–water partition coefficient (Wildman–Crippen LogP) is -8.18. The van der Waals surface area contributed by atoms with Gasteiger partial charge in [0.15, 0.2) is 50.1 Å². The van der Waals surface area contributed by atoms with Gasteiger partial charge in [-0.05, 0) is 110 Å². The highest BCUT2D eigenvalue weighted by Gasteiger charge is 2.73. The topological polar surface area (TPSA) is 610 Å². The summed E-state index contributed by atoms with van der Waals surface area (Å²) in [5, 5.41) is 244. The largest absolute Gasteiger partial charge is 0.432 e. The van der Waals surface area contributed by atoms with Gasteiger partial charge in [0.1, 0.15) is 164 Å². The molecule has 0 aromatic carbocycles. The highest BCUT2D eigenvalue weighted by atomic mass is 16.8. The summed E-state index contributed by atoms with van der Waals surface area (Å²) in [7, 11) is 0.